The summed E-state index contributed by atoms with van der Waals surface area (Å²) in [7, 11) is -3.77. The zero-order valence-corrected chi connectivity index (χ0v) is 16.7. The maximum Gasteiger partial charge on any atom is 0.269 e. The monoisotopic (exact) mass is 419 g/mol. The average Bonchev–Trinajstić information content (AvgIpc) is 2.72. The maximum absolute atomic E-state index is 12.7. The number of aryl methyl sites for hydroxylation is 1. The van der Waals surface area contributed by atoms with Crippen LogP contribution in [0.5, 0.6) is 5.75 Å². The summed E-state index contributed by atoms with van der Waals surface area (Å²) in [4.78, 5) is 24.0. The Morgan fingerprint density at radius 2 is 1.76 bits per heavy atom. The number of nitrogens with zero attached hydrogens (tertiary/aromatic N) is 3. The number of benzene rings is 2. The molecule has 0 N–H and O–H groups in total. The Morgan fingerprint density at radius 3 is 2.34 bits per heavy atom. The molecule has 3 rings (SSSR count). The zero-order chi connectivity index (χ0) is 21.0. The lowest BCUT2D eigenvalue weighted by Crippen LogP contribution is -2.51. The minimum Gasteiger partial charge on any atom is -0.484 e. The molecule has 0 aromatic heterocycles. The first-order valence-corrected chi connectivity index (χ1v) is 10.4. The van der Waals surface area contributed by atoms with E-state index in [9.17, 15) is 23.3 Å². The second kappa shape index (κ2) is 8.58. The molecule has 1 saturated heterocycles. The molecule has 29 heavy (non-hydrogen) atoms. The number of hydrogen-bond donors (Lipinski definition) is 0. The predicted molar refractivity (Wildman–Crippen MR) is 105 cm³/mol. The topological polar surface area (TPSA) is 110 Å². The molecule has 1 aliphatic rings. The van der Waals surface area contributed by atoms with Crippen LogP contribution >= 0.6 is 0 Å². The quantitative estimate of drug-likeness (QED) is 0.522. The van der Waals surface area contributed by atoms with Crippen LogP contribution in [0.1, 0.15) is 5.56 Å². The van der Waals surface area contributed by atoms with Gasteiger partial charge in [-0.3, -0.25) is 14.9 Å². The minimum absolute atomic E-state index is 0.00865. The molecule has 1 aliphatic heterocycles. The molecule has 2 aromatic rings. The summed E-state index contributed by atoms with van der Waals surface area (Å²) >= 11 is 0. The van der Waals surface area contributed by atoms with Gasteiger partial charge < -0.3 is 9.64 Å². The van der Waals surface area contributed by atoms with Gasteiger partial charge >= 0.3 is 0 Å². The van der Waals surface area contributed by atoms with Crippen molar-refractivity contribution in [2.24, 2.45) is 0 Å². The number of ether oxygens (including phenoxy) is 1. The fourth-order valence-corrected chi connectivity index (χ4v) is 4.43. The SMILES string of the molecule is Cc1cccc(OCC(=O)N2CCN(S(=O)(=O)c3ccc([N+](=O)[O-])cc3)CC2)c1. The number of hydrogen-bond acceptors (Lipinski definition) is 6. The van der Waals surface area contributed by atoms with Crippen molar-refractivity contribution in [3.05, 3.63) is 64.2 Å². The third kappa shape index (κ3) is 4.90. The number of carbonyl (C=O) groups is 1. The average molecular weight is 419 g/mol. The summed E-state index contributed by atoms with van der Waals surface area (Å²) in [5, 5.41) is 10.7. The Balaban J connectivity index is 1.56. The van der Waals surface area contributed by atoms with Gasteiger partial charge in [-0.1, -0.05) is 12.1 Å². The molecule has 0 unspecified atom stereocenters. The van der Waals surface area contributed by atoms with Gasteiger partial charge in [-0.25, -0.2) is 8.42 Å². The van der Waals surface area contributed by atoms with Crippen LogP contribution in [0.3, 0.4) is 0 Å². The van der Waals surface area contributed by atoms with Gasteiger partial charge in [0, 0.05) is 38.3 Å². The van der Waals surface area contributed by atoms with Crippen molar-refractivity contribution in [1.82, 2.24) is 9.21 Å². The van der Waals surface area contributed by atoms with Crippen molar-refractivity contribution in [1.29, 1.82) is 0 Å². The Bertz CT molecular complexity index is 999. The summed E-state index contributed by atoms with van der Waals surface area (Å²) < 4.78 is 32.2. The van der Waals surface area contributed by atoms with Crippen molar-refractivity contribution < 1.29 is 22.9 Å². The summed E-state index contributed by atoms with van der Waals surface area (Å²) in [6, 6.07) is 12.2. The fourth-order valence-electron chi connectivity index (χ4n) is 3.01. The van der Waals surface area contributed by atoms with E-state index >= 15 is 0 Å². The van der Waals surface area contributed by atoms with Gasteiger partial charge in [-0.05, 0) is 36.8 Å². The standard InChI is InChI=1S/C19H21N3O6S/c1-15-3-2-4-17(13-15)28-14-19(23)20-9-11-21(12-10-20)29(26,27)18-7-5-16(6-8-18)22(24)25/h2-8,13H,9-12,14H2,1H3. The normalized spacial score (nSPS) is 15.1. The van der Waals surface area contributed by atoms with E-state index in [2.05, 4.69) is 0 Å². The lowest BCUT2D eigenvalue weighted by molar-refractivity contribution is -0.384. The maximum atomic E-state index is 12.7. The first-order valence-electron chi connectivity index (χ1n) is 8.99. The van der Waals surface area contributed by atoms with Crippen molar-refractivity contribution in [3.63, 3.8) is 0 Å². The number of sulfonamides is 1. The van der Waals surface area contributed by atoms with Gasteiger partial charge in [0.05, 0.1) is 9.82 Å². The third-order valence-electron chi connectivity index (χ3n) is 4.63. The molecule has 0 bridgehead atoms. The van der Waals surface area contributed by atoms with Gasteiger partial charge in [-0.2, -0.15) is 4.31 Å². The smallest absolute Gasteiger partial charge is 0.269 e. The van der Waals surface area contributed by atoms with E-state index < -0.39 is 14.9 Å². The highest BCUT2D eigenvalue weighted by atomic mass is 32.2. The summed E-state index contributed by atoms with van der Waals surface area (Å²) in [5.41, 5.74) is 0.855. The molecule has 0 saturated carbocycles. The zero-order valence-electron chi connectivity index (χ0n) is 15.9. The number of non-ortho nitro benzene ring substituents is 1. The second-order valence-corrected chi connectivity index (χ2v) is 8.58. The van der Waals surface area contributed by atoms with E-state index in [1.165, 1.54) is 16.4 Å². The van der Waals surface area contributed by atoms with Crippen LogP contribution in [0.2, 0.25) is 0 Å². The molecule has 1 fully saturated rings. The Kier molecular flexibility index (Phi) is 6.14. The lowest BCUT2D eigenvalue weighted by Gasteiger charge is -2.33. The summed E-state index contributed by atoms with van der Waals surface area (Å²) in [6.45, 7) is 2.62. The Morgan fingerprint density at radius 1 is 1.10 bits per heavy atom. The van der Waals surface area contributed by atoms with E-state index in [-0.39, 0.29) is 49.3 Å². The molecule has 0 atom stereocenters. The van der Waals surface area contributed by atoms with Gasteiger partial charge in [0.25, 0.3) is 11.6 Å². The molecule has 9 nitrogen and oxygen atoms in total. The van der Waals surface area contributed by atoms with Crippen LogP contribution in [-0.4, -0.2) is 61.2 Å². The van der Waals surface area contributed by atoms with E-state index in [1.54, 1.807) is 11.0 Å². The van der Waals surface area contributed by atoms with Crippen molar-refractivity contribution in [3.8, 4) is 5.75 Å². The number of piperazine rings is 1. The van der Waals surface area contributed by atoms with Crippen molar-refractivity contribution >= 4 is 21.6 Å². The molecule has 1 heterocycles. The predicted octanol–water partition coefficient (Wildman–Crippen LogP) is 1.82. The molecule has 2 aromatic carbocycles. The van der Waals surface area contributed by atoms with Crippen LogP contribution in [0.15, 0.2) is 53.4 Å². The van der Waals surface area contributed by atoms with E-state index in [4.69, 9.17) is 4.74 Å². The second-order valence-electron chi connectivity index (χ2n) is 6.64. The number of nitro benzene ring substituents is 1. The highest BCUT2D eigenvalue weighted by molar-refractivity contribution is 7.89. The lowest BCUT2D eigenvalue weighted by atomic mass is 10.2. The van der Waals surface area contributed by atoms with Crippen LogP contribution in [0.25, 0.3) is 0 Å². The van der Waals surface area contributed by atoms with E-state index in [1.807, 2.05) is 25.1 Å². The first-order chi connectivity index (χ1) is 13.8. The van der Waals surface area contributed by atoms with Crippen LogP contribution in [0, 0.1) is 17.0 Å². The van der Waals surface area contributed by atoms with Crippen LogP contribution < -0.4 is 4.74 Å². The number of carbonyl (C=O) groups excluding carboxylic acids is 1. The largest absolute Gasteiger partial charge is 0.484 e. The van der Waals surface area contributed by atoms with Gasteiger partial charge in [-0.15, -0.1) is 0 Å². The highest BCUT2D eigenvalue weighted by Gasteiger charge is 2.30. The fraction of sp³-hybridized carbons (Fsp3) is 0.316. The molecule has 0 radical (unpaired) electrons. The molecule has 0 spiro atoms. The first kappa shape index (κ1) is 20.7. The van der Waals surface area contributed by atoms with Crippen molar-refractivity contribution in [2.75, 3.05) is 32.8 Å². The Hall–Kier alpha value is -2.98. The molecular weight excluding hydrogens is 398 g/mol. The van der Waals surface area contributed by atoms with Crippen molar-refractivity contribution in [2.45, 2.75) is 11.8 Å². The van der Waals surface area contributed by atoms with Crippen LogP contribution in [0.4, 0.5) is 5.69 Å². The number of amides is 1. The molecular formula is C19H21N3O6S. The molecule has 154 valence electrons. The number of nitro groups is 1. The van der Waals surface area contributed by atoms with Gasteiger partial charge in [0.1, 0.15) is 5.75 Å². The van der Waals surface area contributed by atoms with E-state index in [0.717, 1.165) is 17.7 Å². The third-order valence-corrected chi connectivity index (χ3v) is 6.54. The highest BCUT2D eigenvalue weighted by Crippen LogP contribution is 2.21. The van der Waals surface area contributed by atoms with E-state index in [0.29, 0.717) is 5.75 Å². The summed E-state index contributed by atoms with van der Waals surface area (Å²) in [6.07, 6.45) is 0. The number of rotatable bonds is 6. The molecule has 0 aliphatic carbocycles. The summed E-state index contributed by atoms with van der Waals surface area (Å²) in [5.74, 6) is 0.400. The Labute approximate surface area is 168 Å². The molecule has 1 amide bonds. The van der Waals surface area contributed by atoms with Crippen LogP contribution in [-0.2, 0) is 14.8 Å². The van der Waals surface area contributed by atoms with Gasteiger partial charge in [0.15, 0.2) is 6.61 Å². The van der Waals surface area contributed by atoms with Gasteiger partial charge in [0.2, 0.25) is 10.0 Å². The minimum atomic E-state index is -3.77. The molecule has 10 heteroatoms.